The number of ether oxygens (including phenoxy) is 1. The van der Waals surface area contributed by atoms with Gasteiger partial charge in [0.25, 0.3) is 0 Å². The lowest BCUT2D eigenvalue weighted by Crippen LogP contribution is -2.02. The molecule has 2 rings (SSSR count). The summed E-state index contributed by atoms with van der Waals surface area (Å²) < 4.78 is 9.40. The highest BCUT2D eigenvalue weighted by atomic mass is 35.5. The Balaban J connectivity index is 2.52. The van der Waals surface area contributed by atoms with Gasteiger partial charge in [0, 0.05) is 10.6 Å². The smallest absolute Gasteiger partial charge is 0.345 e. The van der Waals surface area contributed by atoms with Crippen LogP contribution in [0.5, 0.6) is 0 Å². The average Bonchev–Trinajstić information content (AvgIpc) is 2.71. The van der Waals surface area contributed by atoms with Crippen LogP contribution >= 0.6 is 23.2 Å². The number of esters is 1. The lowest BCUT2D eigenvalue weighted by Gasteiger charge is -2.00. The van der Waals surface area contributed by atoms with Gasteiger partial charge in [-0.2, -0.15) is 0 Å². The van der Waals surface area contributed by atoms with Crippen LogP contribution in [0.15, 0.2) is 28.8 Å². The van der Waals surface area contributed by atoms with Crippen molar-refractivity contribution in [1.29, 1.82) is 0 Å². The van der Waals surface area contributed by atoms with Gasteiger partial charge < -0.3 is 9.26 Å². The quantitative estimate of drug-likeness (QED) is 0.786. The number of hydrogen-bond acceptors (Lipinski definition) is 4. The molecule has 0 saturated carbocycles. The van der Waals surface area contributed by atoms with Crippen LogP contribution < -0.4 is 0 Å². The van der Waals surface area contributed by atoms with Gasteiger partial charge in [-0.3, -0.25) is 0 Å². The molecular weight excluding hydrogens is 265 g/mol. The zero-order valence-corrected chi connectivity index (χ0v) is 10.2. The maximum Gasteiger partial charge on any atom is 0.345 e. The van der Waals surface area contributed by atoms with Gasteiger partial charge in [0.2, 0.25) is 5.22 Å². The first-order chi connectivity index (χ1) is 8.13. The Labute approximate surface area is 107 Å². The Morgan fingerprint density at radius 1 is 1.29 bits per heavy atom. The summed E-state index contributed by atoms with van der Waals surface area (Å²) in [4.78, 5) is 11.5. The Morgan fingerprint density at radius 2 is 1.94 bits per heavy atom. The second-order valence-corrected chi connectivity index (χ2v) is 3.96. The molecule has 0 bridgehead atoms. The maximum absolute atomic E-state index is 11.5. The van der Waals surface area contributed by atoms with Crippen molar-refractivity contribution >= 4 is 29.2 Å². The van der Waals surface area contributed by atoms with Crippen molar-refractivity contribution < 1.29 is 14.1 Å². The number of benzene rings is 1. The van der Waals surface area contributed by atoms with E-state index in [9.17, 15) is 4.79 Å². The van der Waals surface area contributed by atoms with E-state index in [0.717, 1.165) is 0 Å². The highest BCUT2D eigenvalue weighted by Gasteiger charge is 2.23. The van der Waals surface area contributed by atoms with Gasteiger partial charge in [-0.05, 0) is 23.7 Å². The van der Waals surface area contributed by atoms with E-state index in [-0.39, 0.29) is 10.8 Å². The number of halogens is 2. The number of nitrogens with zero attached hydrogens (tertiary/aromatic N) is 1. The summed E-state index contributed by atoms with van der Waals surface area (Å²) in [5.74, 6) is -0.596. The molecule has 0 radical (unpaired) electrons. The normalized spacial score (nSPS) is 10.3. The number of aromatic nitrogens is 1. The van der Waals surface area contributed by atoms with Crippen molar-refractivity contribution in [2.75, 3.05) is 7.11 Å². The van der Waals surface area contributed by atoms with E-state index < -0.39 is 5.97 Å². The summed E-state index contributed by atoms with van der Waals surface area (Å²) in [6, 6.07) is 6.78. The van der Waals surface area contributed by atoms with E-state index in [2.05, 4.69) is 9.89 Å². The topological polar surface area (TPSA) is 52.3 Å². The first kappa shape index (κ1) is 12.0. The number of rotatable bonds is 2. The molecule has 0 saturated heterocycles. The SMILES string of the molecule is COC(=O)c1c(-c2ccc(Cl)cc2)noc1Cl. The zero-order valence-electron chi connectivity index (χ0n) is 8.74. The van der Waals surface area contributed by atoms with Crippen LogP contribution in [-0.2, 0) is 4.74 Å². The van der Waals surface area contributed by atoms with Gasteiger partial charge in [-0.25, -0.2) is 4.79 Å². The molecular formula is C11H7Cl2NO3. The molecule has 0 aliphatic carbocycles. The Kier molecular flexibility index (Phi) is 3.36. The maximum atomic E-state index is 11.5. The van der Waals surface area contributed by atoms with E-state index in [0.29, 0.717) is 16.3 Å². The number of carbonyl (C=O) groups is 1. The highest BCUT2D eigenvalue weighted by molar-refractivity contribution is 6.32. The molecule has 0 spiro atoms. The van der Waals surface area contributed by atoms with Crippen molar-refractivity contribution in [1.82, 2.24) is 5.16 Å². The molecule has 0 unspecified atom stereocenters. The van der Waals surface area contributed by atoms with E-state index in [1.54, 1.807) is 24.3 Å². The minimum Gasteiger partial charge on any atom is -0.465 e. The molecule has 0 N–H and O–H groups in total. The minimum absolute atomic E-state index is 0.0956. The molecule has 6 heteroatoms. The largest absolute Gasteiger partial charge is 0.465 e. The molecule has 17 heavy (non-hydrogen) atoms. The van der Waals surface area contributed by atoms with Crippen molar-refractivity contribution in [3.63, 3.8) is 0 Å². The summed E-state index contributed by atoms with van der Waals surface area (Å²) in [6.07, 6.45) is 0. The van der Waals surface area contributed by atoms with Crippen molar-refractivity contribution in [2.24, 2.45) is 0 Å². The number of carbonyl (C=O) groups excluding carboxylic acids is 1. The third-order valence-corrected chi connectivity index (χ3v) is 2.67. The Bertz CT molecular complexity index is 548. The van der Waals surface area contributed by atoms with E-state index in [4.69, 9.17) is 27.7 Å². The van der Waals surface area contributed by atoms with Crippen LogP contribution in [0.1, 0.15) is 10.4 Å². The van der Waals surface area contributed by atoms with Crippen molar-refractivity contribution in [2.45, 2.75) is 0 Å². The van der Waals surface area contributed by atoms with Crippen LogP contribution in [0.3, 0.4) is 0 Å². The molecule has 0 fully saturated rings. The van der Waals surface area contributed by atoms with Crippen LogP contribution in [0.2, 0.25) is 10.2 Å². The van der Waals surface area contributed by atoms with Crippen molar-refractivity contribution in [3.8, 4) is 11.3 Å². The molecule has 1 heterocycles. The second kappa shape index (κ2) is 4.77. The standard InChI is InChI=1S/C11H7Cl2NO3/c1-16-11(15)8-9(14-17-10(8)13)6-2-4-7(12)5-3-6/h2-5H,1H3. The van der Waals surface area contributed by atoms with E-state index in [1.807, 2.05) is 0 Å². The fourth-order valence-electron chi connectivity index (χ4n) is 1.35. The molecule has 0 aliphatic rings. The van der Waals surface area contributed by atoms with Crippen molar-refractivity contribution in [3.05, 3.63) is 40.1 Å². The fraction of sp³-hybridized carbons (Fsp3) is 0.0909. The monoisotopic (exact) mass is 271 g/mol. The molecule has 0 atom stereocenters. The molecule has 1 aromatic carbocycles. The average molecular weight is 272 g/mol. The molecule has 4 nitrogen and oxygen atoms in total. The molecule has 88 valence electrons. The van der Waals surface area contributed by atoms with E-state index >= 15 is 0 Å². The molecule has 2 aromatic rings. The predicted molar refractivity (Wildman–Crippen MR) is 63.3 cm³/mol. The number of methoxy groups -OCH3 is 1. The van der Waals surface area contributed by atoms with Gasteiger partial charge in [-0.1, -0.05) is 28.9 Å². The lowest BCUT2D eigenvalue weighted by atomic mass is 10.1. The highest BCUT2D eigenvalue weighted by Crippen LogP contribution is 2.29. The van der Waals surface area contributed by atoms with Crippen LogP contribution in [0.4, 0.5) is 0 Å². The summed E-state index contributed by atoms with van der Waals surface area (Å²) >= 11 is 11.5. The third-order valence-electron chi connectivity index (χ3n) is 2.16. The van der Waals surface area contributed by atoms with Crippen LogP contribution in [0, 0.1) is 0 Å². The minimum atomic E-state index is -0.596. The van der Waals surface area contributed by atoms with E-state index in [1.165, 1.54) is 7.11 Å². The van der Waals surface area contributed by atoms with Gasteiger partial charge in [0.05, 0.1) is 7.11 Å². The lowest BCUT2D eigenvalue weighted by molar-refractivity contribution is 0.0601. The van der Waals surface area contributed by atoms with Gasteiger partial charge in [0.15, 0.2) is 0 Å². The summed E-state index contributed by atoms with van der Waals surface area (Å²) in [7, 11) is 1.26. The zero-order chi connectivity index (χ0) is 12.4. The molecule has 0 aliphatic heterocycles. The third kappa shape index (κ3) is 2.28. The number of hydrogen-bond donors (Lipinski definition) is 0. The summed E-state index contributed by atoms with van der Waals surface area (Å²) in [5, 5.41) is 4.22. The Morgan fingerprint density at radius 3 is 2.53 bits per heavy atom. The van der Waals surface area contributed by atoms with Gasteiger partial charge in [-0.15, -0.1) is 0 Å². The first-order valence-electron chi connectivity index (χ1n) is 4.63. The fourth-order valence-corrected chi connectivity index (χ4v) is 1.68. The first-order valence-corrected chi connectivity index (χ1v) is 5.38. The summed E-state index contributed by atoms with van der Waals surface area (Å²) in [5.41, 5.74) is 1.11. The van der Waals surface area contributed by atoms with Crippen LogP contribution in [-0.4, -0.2) is 18.2 Å². The van der Waals surface area contributed by atoms with Gasteiger partial charge in [0.1, 0.15) is 11.3 Å². The van der Waals surface area contributed by atoms with Crippen LogP contribution in [0.25, 0.3) is 11.3 Å². The predicted octanol–water partition coefficient (Wildman–Crippen LogP) is 3.44. The molecule has 0 amide bonds. The molecule has 1 aromatic heterocycles. The Hall–Kier alpha value is -1.52. The van der Waals surface area contributed by atoms with Gasteiger partial charge >= 0.3 is 5.97 Å². The summed E-state index contributed by atoms with van der Waals surface area (Å²) in [6.45, 7) is 0. The second-order valence-electron chi connectivity index (χ2n) is 3.18.